The van der Waals surface area contributed by atoms with E-state index in [0.29, 0.717) is 0 Å². The third kappa shape index (κ3) is 3.72. The molecule has 1 aromatic carbocycles. The summed E-state index contributed by atoms with van der Waals surface area (Å²) in [6.07, 6.45) is -4.73. The highest BCUT2D eigenvalue weighted by atomic mass is 32.2. The number of hydrogen-bond donors (Lipinski definition) is 0. The van der Waals surface area contributed by atoms with E-state index in [2.05, 4.69) is 4.18 Å². The predicted octanol–water partition coefficient (Wildman–Crippen LogP) is 2.13. The van der Waals surface area contributed by atoms with E-state index in [1.807, 2.05) is 0 Å². The van der Waals surface area contributed by atoms with Crippen LogP contribution in [-0.2, 0) is 14.3 Å². The lowest BCUT2D eigenvalue weighted by molar-refractivity contribution is -0.152. The molecule has 0 aliphatic rings. The van der Waals surface area contributed by atoms with Crippen molar-refractivity contribution in [1.29, 1.82) is 5.26 Å². The molecule has 0 spiro atoms. The average molecular weight is 279 g/mol. The molecule has 0 heterocycles. The molecule has 0 radical (unpaired) electrons. The summed E-state index contributed by atoms with van der Waals surface area (Å²) in [5.74, 6) is 0. The molecule has 0 aliphatic carbocycles. The molecular formula is C10H8F3NO3S. The van der Waals surface area contributed by atoms with Gasteiger partial charge in [0.2, 0.25) is 0 Å². The molecule has 0 saturated heterocycles. The van der Waals surface area contributed by atoms with Gasteiger partial charge < -0.3 is 0 Å². The van der Waals surface area contributed by atoms with Gasteiger partial charge in [-0.1, -0.05) is 0 Å². The highest BCUT2D eigenvalue weighted by Crippen LogP contribution is 2.22. The highest BCUT2D eigenvalue weighted by molar-refractivity contribution is 7.86. The maximum Gasteiger partial charge on any atom is 0.413 e. The molecule has 18 heavy (non-hydrogen) atoms. The van der Waals surface area contributed by atoms with Crippen LogP contribution in [0.5, 0.6) is 0 Å². The zero-order chi connectivity index (χ0) is 14.0. The summed E-state index contributed by atoms with van der Waals surface area (Å²) in [6, 6.07) is 5.27. The molecule has 0 bridgehead atoms. The molecule has 0 saturated carbocycles. The molecule has 0 aliphatic heterocycles. The van der Waals surface area contributed by atoms with Crippen molar-refractivity contribution in [3.05, 3.63) is 29.3 Å². The molecule has 98 valence electrons. The lowest BCUT2D eigenvalue weighted by Gasteiger charge is -2.10. The summed E-state index contributed by atoms with van der Waals surface area (Å²) < 4.78 is 62.6. The minimum atomic E-state index is -4.73. The number of nitriles is 1. The zero-order valence-corrected chi connectivity index (χ0v) is 9.97. The van der Waals surface area contributed by atoms with Crippen LogP contribution in [0.2, 0.25) is 0 Å². The third-order valence-corrected chi connectivity index (χ3v) is 3.38. The maximum absolute atomic E-state index is 11.9. The van der Waals surface area contributed by atoms with E-state index in [0.717, 1.165) is 6.07 Å². The van der Waals surface area contributed by atoms with E-state index in [9.17, 15) is 21.6 Å². The quantitative estimate of drug-likeness (QED) is 0.795. The van der Waals surface area contributed by atoms with Gasteiger partial charge in [-0.05, 0) is 30.7 Å². The van der Waals surface area contributed by atoms with Crippen LogP contribution in [0.15, 0.2) is 23.1 Å². The van der Waals surface area contributed by atoms with Gasteiger partial charge in [0.25, 0.3) is 10.1 Å². The Bertz CT molecular complexity index is 587. The van der Waals surface area contributed by atoms with Crippen LogP contribution in [0.4, 0.5) is 13.2 Å². The van der Waals surface area contributed by atoms with Crippen molar-refractivity contribution >= 4 is 10.1 Å². The third-order valence-electron chi connectivity index (χ3n) is 1.95. The summed E-state index contributed by atoms with van der Waals surface area (Å²) in [7, 11) is -4.48. The molecule has 1 rings (SSSR count). The Morgan fingerprint density at radius 1 is 1.39 bits per heavy atom. The Morgan fingerprint density at radius 3 is 2.44 bits per heavy atom. The van der Waals surface area contributed by atoms with E-state index in [4.69, 9.17) is 5.26 Å². The first-order chi connectivity index (χ1) is 8.15. The largest absolute Gasteiger partial charge is 0.413 e. The number of aryl methyl sites for hydroxylation is 1. The molecule has 4 nitrogen and oxygen atoms in total. The monoisotopic (exact) mass is 279 g/mol. The Balaban J connectivity index is 3.03. The van der Waals surface area contributed by atoms with Gasteiger partial charge in [0, 0.05) is 0 Å². The van der Waals surface area contributed by atoms with E-state index >= 15 is 0 Å². The second-order valence-electron chi connectivity index (χ2n) is 3.42. The molecule has 0 aromatic heterocycles. The fraction of sp³-hybridized carbons (Fsp3) is 0.300. The summed E-state index contributed by atoms with van der Waals surface area (Å²) in [5, 5.41) is 8.59. The van der Waals surface area contributed by atoms with Crippen LogP contribution in [0.1, 0.15) is 11.1 Å². The number of alkyl halides is 3. The van der Waals surface area contributed by atoms with Crippen LogP contribution in [0, 0.1) is 18.3 Å². The molecule has 0 unspecified atom stereocenters. The van der Waals surface area contributed by atoms with E-state index in [-0.39, 0.29) is 16.0 Å². The SMILES string of the molecule is Cc1cc(C#N)ccc1S(=O)(=O)OCC(F)(F)F. The van der Waals surface area contributed by atoms with E-state index in [1.54, 1.807) is 6.07 Å². The van der Waals surface area contributed by atoms with Gasteiger partial charge in [-0.2, -0.15) is 26.9 Å². The van der Waals surface area contributed by atoms with Crippen LogP contribution in [-0.4, -0.2) is 21.2 Å². The first kappa shape index (κ1) is 14.5. The lowest BCUT2D eigenvalue weighted by atomic mass is 10.2. The van der Waals surface area contributed by atoms with Crippen molar-refractivity contribution < 1.29 is 25.8 Å². The number of nitrogens with zero attached hydrogens (tertiary/aromatic N) is 1. The number of halogens is 3. The van der Waals surface area contributed by atoms with Gasteiger partial charge >= 0.3 is 6.18 Å². The summed E-state index contributed by atoms with van der Waals surface area (Å²) in [4.78, 5) is -0.384. The first-order valence-corrected chi connectivity index (χ1v) is 6.03. The molecule has 1 aromatic rings. The van der Waals surface area contributed by atoms with Gasteiger partial charge in [0.05, 0.1) is 16.5 Å². The van der Waals surface area contributed by atoms with Gasteiger partial charge in [-0.25, -0.2) is 0 Å². The Hall–Kier alpha value is -1.59. The minimum absolute atomic E-state index is 0.149. The fourth-order valence-electron chi connectivity index (χ4n) is 1.21. The summed E-state index contributed by atoms with van der Waals surface area (Å²) >= 11 is 0. The highest BCUT2D eigenvalue weighted by Gasteiger charge is 2.32. The lowest BCUT2D eigenvalue weighted by Crippen LogP contribution is -2.21. The molecule has 8 heteroatoms. The topological polar surface area (TPSA) is 67.2 Å². The van der Waals surface area contributed by atoms with Crippen molar-refractivity contribution in [2.24, 2.45) is 0 Å². The fourth-order valence-corrected chi connectivity index (χ4v) is 2.31. The molecule has 0 amide bonds. The normalized spacial score (nSPS) is 12.2. The van der Waals surface area contributed by atoms with Crippen molar-refractivity contribution in [1.82, 2.24) is 0 Å². The van der Waals surface area contributed by atoms with Crippen molar-refractivity contribution in [2.75, 3.05) is 6.61 Å². The Kier molecular flexibility index (Phi) is 3.98. The smallest absolute Gasteiger partial charge is 0.257 e. The Morgan fingerprint density at radius 2 is 2.00 bits per heavy atom. The van der Waals surface area contributed by atoms with E-state index < -0.39 is 22.9 Å². The summed E-state index contributed by atoms with van der Waals surface area (Å²) in [6.45, 7) is -0.514. The van der Waals surface area contributed by atoms with E-state index in [1.165, 1.54) is 19.1 Å². The average Bonchev–Trinajstić information content (AvgIpc) is 2.25. The van der Waals surface area contributed by atoms with Crippen LogP contribution in [0.25, 0.3) is 0 Å². The van der Waals surface area contributed by atoms with Gasteiger partial charge in [0.1, 0.15) is 0 Å². The van der Waals surface area contributed by atoms with Crippen LogP contribution < -0.4 is 0 Å². The van der Waals surface area contributed by atoms with Crippen molar-refractivity contribution in [3.8, 4) is 6.07 Å². The predicted molar refractivity (Wildman–Crippen MR) is 55.1 cm³/mol. The van der Waals surface area contributed by atoms with Crippen LogP contribution in [0.3, 0.4) is 0 Å². The van der Waals surface area contributed by atoms with Gasteiger partial charge in [-0.3, -0.25) is 4.18 Å². The second kappa shape index (κ2) is 4.96. The number of rotatable bonds is 3. The molecule has 0 atom stereocenters. The maximum atomic E-state index is 11.9. The number of hydrogen-bond acceptors (Lipinski definition) is 4. The minimum Gasteiger partial charge on any atom is -0.257 e. The standard InChI is InChI=1S/C10H8F3NO3S/c1-7-4-8(5-14)2-3-9(7)18(15,16)17-6-10(11,12)13/h2-4H,6H2,1H3. The zero-order valence-electron chi connectivity index (χ0n) is 9.15. The van der Waals surface area contributed by atoms with Crippen molar-refractivity contribution in [2.45, 2.75) is 18.0 Å². The van der Waals surface area contributed by atoms with Gasteiger partial charge in [0.15, 0.2) is 6.61 Å². The Labute approximate surface area is 102 Å². The molecule has 0 fully saturated rings. The first-order valence-electron chi connectivity index (χ1n) is 4.62. The second-order valence-corrected chi connectivity index (χ2v) is 5.01. The van der Waals surface area contributed by atoms with Crippen molar-refractivity contribution in [3.63, 3.8) is 0 Å². The number of benzene rings is 1. The van der Waals surface area contributed by atoms with Crippen LogP contribution >= 0.6 is 0 Å². The molecular weight excluding hydrogens is 271 g/mol. The van der Waals surface area contributed by atoms with Gasteiger partial charge in [-0.15, -0.1) is 0 Å². The summed E-state index contributed by atoms with van der Waals surface area (Å²) in [5.41, 5.74) is 0.360. The molecule has 0 N–H and O–H groups in total.